The summed E-state index contributed by atoms with van der Waals surface area (Å²) in [7, 11) is 0. The van der Waals surface area contributed by atoms with Crippen LogP contribution in [0.5, 0.6) is 0 Å². The number of pyridine rings is 1. The first kappa shape index (κ1) is 6.98. The predicted molar refractivity (Wildman–Crippen MR) is 47.1 cm³/mol. The summed E-state index contributed by atoms with van der Waals surface area (Å²) in [4.78, 5) is 14.6. The van der Waals surface area contributed by atoms with Gasteiger partial charge in [0.25, 0.3) is 0 Å². The number of fused-ring (bicyclic) bond motifs is 1. The summed E-state index contributed by atoms with van der Waals surface area (Å²) in [5, 5.41) is 1.96. The van der Waals surface area contributed by atoms with Gasteiger partial charge in [-0.1, -0.05) is 18.2 Å². The Morgan fingerprint density at radius 2 is 2.17 bits per heavy atom. The summed E-state index contributed by atoms with van der Waals surface area (Å²) >= 11 is 0. The molecule has 1 aromatic heterocycles. The fraction of sp³-hybridized carbons (Fsp3) is 0. The molecule has 2 aromatic rings. The van der Waals surface area contributed by atoms with Crippen molar-refractivity contribution in [3.05, 3.63) is 42.2 Å². The molecule has 0 unspecified atom stereocenters. The monoisotopic (exact) mass is 157 g/mol. The van der Waals surface area contributed by atoms with E-state index in [1.54, 1.807) is 18.5 Å². The van der Waals surface area contributed by atoms with E-state index in [-0.39, 0.29) is 0 Å². The van der Waals surface area contributed by atoms with E-state index in [4.69, 9.17) is 0 Å². The van der Waals surface area contributed by atoms with Gasteiger partial charge in [-0.15, -0.1) is 0 Å². The number of hydrogen-bond donors (Lipinski definition) is 0. The number of carbonyl (C=O) groups is 1. The molecule has 2 heteroatoms. The van der Waals surface area contributed by atoms with E-state index in [9.17, 15) is 4.79 Å². The summed E-state index contributed by atoms with van der Waals surface area (Å²) in [5.74, 6) is 0. The van der Waals surface area contributed by atoms with Gasteiger partial charge < -0.3 is 0 Å². The quantitative estimate of drug-likeness (QED) is 0.593. The first-order valence-corrected chi connectivity index (χ1v) is 3.70. The maximum atomic E-state index is 10.6. The SMILES string of the molecule is O=Cc1cccc2cnccc12. The van der Waals surface area contributed by atoms with Crippen LogP contribution in [0.3, 0.4) is 0 Å². The van der Waals surface area contributed by atoms with E-state index >= 15 is 0 Å². The smallest absolute Gasteiger partial charge is 0.150 e. The Kier molecular flexibility index (Phi) is 1.59. The minimum atomic E-state index is 0.718. The van der Waals surface area contributed by atoms with Gasteiger partial charge in [0.15, 0.2) is 6.29 Å². The van der Waals surface area contributed by atoms with Gasteiger partial charge in [-0.05, 0) is 11.5 Å². The Balaban J connectivity index is 2.88. The van der Waals surface area contributed by atoms with Crippen LogP contribution in [0.15, 0.2) is 36.7 Å². The van der Waals surface area contributed by atoms with Gasteiger partial charge in [0.1, 0.15) is 0 Å². The molecular weight excluding hydrogens is 150 g/mol. The van der Waals surface area contributed by atoms with Gasteiger partial charge in [0, 0.05) is 23.3 Å². The van der Waals surface area contributed by atoms with Crippen LogP contribution in [0, 0.1) is 0 Å². The second-order valence-electron chi connectivity index (χ2n) is 2.56. The molecule has 0 bridgehead atoms. The maximum Gasteiger partial charge on any atom is 0.150 e. The molecule has 0 aliphatic heterocycles. The molecule has 58 valence electrons. The van der Waals surface area contributed by atoms with E-state index in [0.29, 0.717) is 0 Å². The molecule has 0 N–H and O–H groups in total. The molecule has 1 aromatic carbocycles. The van der Waals surface area contributed by atoms with Crippen molar-refractivity contribution in [2.24, 2.45) is 0 Å². The molecule has 0 atom stereocenters. The van der Waals surface area contributed by atoms with Crippen molar-refractivity contribution in [1.29, 1.82) is 0 Å². The largest absolute Gasteiger partial charge is 0.298 e. The minimum absolute atomic E-state index is 0.718. The molecule has 0 aliphatic rings. The summed E-state index contributed by atoms with van der Waals surface area (Å²) in [6.45, 7) is 0. The third-order valence-corrected chi connectivity index (χ3v) is 1.84. The first-order valence-electron chi connectivity index (χ1n) is 3.70. The topological polar surface area (TPSA) is 30.0 Å². The van der Waals surface area contributed by atoms with Crippen molar-refractivity contribution in [2.45, 2.75) is 0 Å². The molecule has 0 radical (unpaired) electrons. The average molecular weight is 157 g/mol. The molecule has 0 saturated carbocycles. The van der Waals surface area contributed by atoms with Gasteiger partial charge in [-0.25, -0.2) is 0 Å². The molecule has 12 heavy (non-hydrogen) atoms. The average Bonchev–Trinajstić information content (AvgIpc) is 2.17. The molecule has 0 spiro atoms. The second kappa shape index (κ2) is 2.74. The van der Waals surface area contributed by atoms with E-state index < -0.39 is 0 Å². The van der Waals surface area contributed by atoms with Gasteiger partial charge in [-0.2, -0.15) is 0 Å². The highest BCUT2D eigenvalue weighted by Gasteiger charge is 1.96. The Morgan fingerprint density at radius 3 is 3.00 bits per heavy atom. The van der Waals surface area contributed by atoms with Crippen molar-refractivity contribution in [1.82, 2.24) is 4.98 Å². The van der Waals surface area contributed by atoms with Crippen LogP contribution in [-0.2, 0) is 0 Å². The molecule has 0 fully saturated rings. The van der Waals surface area contributed by atoms with Crippen LogP contribution < -0.4 is 0 Å². The van der Waals surface area contributed by atoms with E-state index in [1.165, 1.54) is 0 Å². The molecule has 2 rings (SSSR count). The Hall–Kier alpha value is -1.70. The highest BCUT2D eigenvalue weighted by molar-refractivity contribution is 5.97. The van der Waals surface area contributed by atoms with E-state index in [2.05, 4.69) is 4.98 Å². The number of aldehydes is 1. The Bertz CT molecular complexity index is 418. The highest BCUT2D eigenvalue weighted by atomic mass is 16.1. The van der Waals surface area contributed by atoms with Crippen LogP contribution in [-0.4, -0.2) is 11.3 Å². The van der Waals surface area contributed by atoms with Crippen LogP contribution >= 0.6 is 0 Å². The lowest BCUT2D eigenvalue weighted by Crippen LogP contribution is -1.82. The predicted octanol–water partition coefficient (Wildman–Crippen LogP) is 2.05. The van der Waals surface area contributed by atoms with Crippen molar-refractivity contribution in [3.63, 3.8) is 0 Å². The number of benzene rings is 1. The summed E-state index contributed by atoms with van der Waals surface area (Å²) in [6.07, 6.45) is 4.31. The number of nitrogens with zero attached hydrogens (tertiary/aromatic N) is 1. The lowest BCUT2D eigenvalue weighted by atomic mass is 10.1. The van der Waals surface area contributed by atoms with E-state index in [1.807, 2.05) is 18.2 Å². The lowest BCUT2D eigenvalue weighted by molar-refractivity contribution is 0.112. The fourth-order valence-electron chi connectivity index (χ4n) is 1.25. The Labute approximate surface area is 69.9 Å². The van der Waals surface area contributed by atoms with Gasteiger partial charge in [0.2, 0.25) is 0 Å². The Morgan fingerprint density at radius 1 is 1.25 bits per heavy atom. The summed E-state index contributed by atoms with van der Waals surface area (Å²) in [5.41, 5.74) is 0.718. The molecular formula is C10H7NO. The van der Waals surface area contributed by atoms with Crippen molar-refractivity contribution < 1.29 is 4.79 Å². The van der Waals surface area contributed by atoms with Crippen molar-refractivity contribution in [3.8, 4) is 0 Å². The number of rotatable bonds is 1. The highest BCUT2D eigenvalue weighted by Crippen LogP contribution is 2.14. The van der Waals surface area contributed by atoms with E-state index in [0.717, 1.165) is 22.6 Å². The minimum Gasteiger partial charge on any atom is -0.298 e. The van der Waals surface area contributed by atoms with Gasteiger partial charge >= 0.3 is 0 Å². The zero-order valence-electron chi connectivity index (χ0n) is 6.40. The lowest BCUT2D eigenvalue weighted by Gasteiger charge is -1.97. The third-order valence-electron chi connectivity index (χ3n) is 1.84. The zero-order valence-corrected chi connectivity index (χ0v) is 6.40. The van der Waals surface area contributed by atoms with Crippen LogP contribution in [0.25, 0.3) is 10.8 Å². The number of carbonyl (C=O) groups excluding carboxylic acids is 1. The molecule has 1 heterocycles. The molecule has 0 saturated heterocycles. The van der Waals surface area contributed by atoms with Crippen molar-refractivity contribution >= 4 is 17.1 Å². The summed E-state index contributed by atoms with van der Waals surface area (Å²) in [6, 6.07) is 7.44. The van der Waals surface area contributed by atoms with Crippen LogP contribution in [0.2, 0.25) is 0 Å². The van der Waals surface area contributed by atoms with Gasteiger partial charge in [-0.3, -0.25) is 9.78 Å². The maximum absolute atomic E-state index is 10.6. The summed E-state index contributed by atoms with van der Waals surface area (Å²) < 4.78 is 0. The fourth-order valence-corrected chi connectivity index (χ4v) is 1.25. The van der Waals surface area contributed by atoms with Gasteiger partial charge in [0.05, 0.1) is 0 Å². The standard InChI is InChI=1S/C10H7NO/c12-7-9-3-1-2-8-6-11-5-4-10(8)9/h1-7H. The third kappa shape index (κ3) is 0.975. The van der Waals surface area contributed by atoms with Crippen LogP contribution in [0.4, 0.5) is 0 Å². The number of hydrogen-bond acceptors (Lipinski definition) is 2. The second-order valence-corrected chi connectivity index (χ2v) is 2.56. The molecule has 2 nitrogen and oxygen atoms in total. The molecule has 0 aliphatic carbocycles. The number of aromatic nitrogens is 1. The normalized spacial score (nSPS) is 10.0. The van der Waals surface area contributed by atoms with Crippen LogP contribution in [0.1, 0.15) is 10.4 Å². The first-order chi connectivity index (χ1) is 5.92. The zero-order chi connectivity index (χ0) is 8.39. The molecule has 0 amide bonds. The van der Waals surface area contributed by atoms with Crippen molar-refractivity contribution in [2.75, 3.05) is 0 Å².